The minimum atomic E-state index is -1.16. The van der Waals surface area contributed by atoms with Crippen molar-refractivity contribution in [2.75, 3.05) is 6.54 Å². The van der Waals surface area contributed by atoms with E-state index in [1.54, 1.807) is 4.90 Å². The lowest BCUT2D eigenvalue weighted by Gasteiger charge is -2.27. The van der Waals surface area contributed by atoms with Gasteiger partial charge in [0.1, 0.15) is 5.78 Å². The van der Waals surface area contributed by atoms with E-state index in [4.69, 9.17) is 10.7 Å². The van der Waals surface area contributed by atoms with E-state index in [1.807, 2.05) is 91.9 Å². The molecule has 174 valence electrons. The van der Waals surface area contributed by atoms with Gasteiger partial charge < -0.3 is 5.73 Å². The largest absolute Gasteiger partial charge is 0.369 e. The molecule has 3 aromatic carbocycles. The van der Waals surface area contributed by atoms with Gasteiger partial charge in [-0.25, -0.2) is 4.99 Å². The third-order valence-electron chi connectivity index (χ3n) is 6.36. The SMILES string of the molecule is Cc1ccc(CC(=O)CCCCCN2C(=O)C(c3ccccc3)(c3ccccc3)N=C2N)cc1. The van der Waals surface area contributed by atoms with Crippen molar-refractivity contribution >= 4 is 17.6 Å². The van der Waals surface area contributed by atoms with Gasteiger partial charge in [-0.05, 0) is 36.5 Å². The minimum Gasteiger partial charge on any atom is -0.369 e. The fraction of sp³-hybridized carbons (Fsp3) is 0.276. The van der Waals surface area contributed by atoms with Crippen LogP contribution in [0.3, 0.4) is 0 Å². The predicted octanol–water partition coefficient (Wildman–Crippen LogP) is 4.77. The van der Waals surface area contributed by atoms with E-state index >= 15 is 0 Å². The van der Waals surface area contributed by atoms with E-state index in [9.17, 15) is 9.59 Å². The summed E-state index contributed by atoms with van der Waals surface area (Å²) in [7, 11) is 0. The quantitative estimate of drug-likeness (QED) is 0.450. The molecule has 5 nitrogen and oxygen atoms in total. The second-order valence-corrected chi connectivity index (χ2v) is 8.88. The number of unbranched alkanes of at least 4 members (excludes halogenated alkanes) is 2. The maximum atomic E-state index is 13.7. The molecule has 0 spiro atoms. The Kier molecular flexibility index (Phi) is 7.21. The monoisotopic (exact) mass is 453 g/mol. The van der Waals surface area contributed by atoms with Crippen molar-refractivity contribution in [3.63, 3.8) is 0 Å². The highest BCUT2D eigenvalue weighted by molar-refractivity contribution is 6.09. The Balaban J connectivity index is 1.35. The van der Waals surface area contributed by atoms with E-state index in [0.29, 0.717) is 19.4 Å². The lowest BCUT2D eigenvalue weighted by atomic mass is 9.83. The zero-order chi connectivity index (χ0) is 24.0. The summed E-state index contributed by atoms with van der Waals surface area (Å²) in [6, 6.07) is 27.3. The van der Waals surface area contributed by atoms with Crippen LogP contribution in [0, 0.1) is 6.92 Å². The van der Waals surface area contributed by atoms with Gasteiger partial charge in [0.25, 0.3) is 5.91 Å². The number of aliphatic imine (C=N–C) groups is 1. The van der Waals surface area contributed by atoms with E-state index in [0.717, 1.165) is 36.0 Å². The number of amides is 1. The van der Waals surface area contributed by atoms with E-state index in [-0.39, 0.29) is 17.6 Å². The molecule has 0 bridgehead atoms. The third kappa shape index (κ3) is 4.93. The van der Waals surface area contributed by atoms with Crippen LogP contribution in [0.25, 0.3) is 0 Å². The molecule has 0 fully saturated rings. The normalized spacial score (nSPS) is 14.8. The summed E-state index contributed by atoms with van der Waals surface area (Å²) in [4.78, 5) is 32.3. The van der Waals surface area contributed by atoms with Gasteiger partial charge in [0.2, 0.25) is 0 Å². The second-order valence-electron chi connectivity index (χ2n) is 8.88. The molecule has 0 aromatic heterocycles. The molecule has 4 rings (SSSR count). The Labute approximate surface area is 201 Å². The van der Waals surface area contributed by atoms with Gasteiger partial charge in [0, 0.05) is 19.4 Å². The molecule has 1 aliphatic heterocycles. The van der Waals surface area contributed by atoms with Crippen molar-refractivity contribution in [3.8, 4) is 0 Å². The van der Waals surface area contributed by atoms with Crippen molar-refractivity contribution in [2.24, 2.45) is 10.7 Å². The average Bonchev–Trinajstić information content (AvgIpc) is 3.12. The third-order valence-corrected chi connectivity index (χ3v) is 6.36. The Morgan fingerprint density at radius 2 is 1.44 bits per heavy atom. The summed E-state index contributed by atoms with van der Waals surface area (Å²) < 4.78 is 0. The molecule has 3 aromatic rings. The number of aryl methyl sites for hydroxylation is 1. The molecular formula is C29H31N3O2. The number of carbonyl (C=O) groups excluding carboxylic acids is 2. The van der Waals surface area contributed by atoms with Crippen molar-refractivity contribution in [3.05, 3.63) is 107 Å². The van der Waals surface area contributed by atoms with E-state index < -0.39 is 5.54 Å². The van der Waals surface area contributed by atoms with E-state index in [2.05, 4.69) is 0 Å². The van der Waals surface area contributed by atoms with Crippen LogP contribution in [-0.2, 0) is 21.5 Å². The standard InChI is InChI=1S/C29H31N3O2/c1-22-16-18-23(19-17-22)21-26(33)15-9-4-10-20-32-27(34)29(31-28(32)30,24-11-5-2-6-12-24)25-13-7-3-8-14-25/h2-3,5-8,11-14,16-19H,4,9-10,15,20-21H2,1H3,(H2,30,31). The lowest BCUT2D eigenvalue weighted by Crippen LogP contribution is -2.44. The van der Waals surface area contributed by atoms with Gasteiger partial charge in [-0.1, -0.05) is 96.9 Å². The molecule has 0 saturated carbocycles. The number of Topliss-reactive ketones (excluding diaryl/α,β-unsaturated/α-hetero) is 1. The van der Waals surface area contributed by atoms with Crippen LogP contribution in [0.5, 0.6) is 0 Å². The highest BCUT2D eigenvalue weighted by atomic mass is 16.2. The van der Waals surface area contributed by atoms with Crippen molar-refractivity contribution in [1.29, 1.82) is 0 Å². The molecule has 34 heavy (non-hydrogen) atoms. The smallest absolute Gasteiger partial charge is 0.266 e. The number of nitrogens with two attached hydrogens (primary N) is 1. The van der Waals surface area contributed by atoms with Crippen molar-refractivity contribution in [2.45, 2.75) is 44.6 Å². The number of guanidine groups is 1. The molecule has 5 heteroatoms. The number of benzene rings is 3. The number of ketones is 1. The number of carbonyl (C=O) groups is 2. The summed E-state index contributed by atoms with van der Waals surface area (Å²) in [6.07, 6.45) is 3.43. The molecule has 0 aliphatic carbocycles. The number of hydrogen-bond acceptors (Lipinski definition) is 4. The topological polar surface area (TPSA) is 75.8 Å². The number of nitrogens with zero attached hydrogens (tertiary/aromatic N) is 2. The molecule has 1 amide bonds. The highest BCUT2D eigenvalue weighted by Gasteiger charge is 2.50. The molecule has 0 saturated heterocycles. The average molecular weight is 454 g/mol. The molecule has 0 atom stereocenters. The van der Waals surface area contributed by atoms with Gasteiger partial charge in [-0.3, -0.25) is 14.5 Å². The lowest BCUT2D eigenvalue weighted by molar-refractivity contribution is -0.130. The van der Waals surface area contributed by atoms with Crippen LogP contribution < -0.4 is 5.73 Å². The first-order chi connectivity index (χ1) is 16.5. The summed E-state index contributed by atoms with van der Waals surface area (Å²) >= 11 is 0. The second kappa shape index (κ2) is 10.5. The molecule has 2 N–H and O–H groups in total. The minimum absolute atomic E-state index is 0.127. The molecule has 1 aliphatic rings. The van der Waals surface area contributed by atoms with Crippen LogP contribution in [0.4, 0.5) is 0 Å². The van der Waals surface area contributed by atoms with Gasteiger partial charge in [-0.2, -0.15) is 0 Å². The van der Waals surface area contributed by atoms with Crippen LogP contribution in [0.15, 0.2) is 89.9 Å². The zero-order valence-corrected chi connectivity index (χ0v) is 19.6. The molecule has 0 radical (unpaired) electrons. The van der Waals surface area contributed by atoms with Gasteiger partial charge in [0.15, 0.2) is 11.5 Å². The van der Waals surface area contributed by atoms with Crippen LogP contribution in [0.1, 0.15) is 47.9 Å². The predicted molar refractivity (Wildman–Crippen MR) is 135 cm³/mol. The van der Waals surface area contributed by atoms with E-state index in [1.165, 1.54) is 5.56 Å². The first-order valence-electron chi connectivity index (χ1n) is 11.9. The Morgan fingerprint density at radius 3 is 2.03 bits per heavy atom. The number of hydrogen-bond donors (Lipinski definition) is 1. The highest BCUT2D eigenvalue weighted by Crippen LogP contribution is 2.39. The maximum absolute atomic E-state index is 13.7. The summed E-state index contributed by atoms with van der Waals surface area (Å²) in [5.41, 5.74) is 8.98. The fourth-order valence-corrected chi connectivity index (χ4v) is 4.49. The Morgan fingerprint density at radius 1 is 0.853 bits per heavy atom. The first-order valence-corrected chi connectivity index (χ1v) is 11.9. The molecule has 1 heterocycles. The molecular weight excluding hydrogens is 422 g/mol. The van der Waals surface area contributed by atoms with Crippen LogP contribution >= 0.6 is 0 Å². The van der Waals surface area contributed by atoms with Gasteiger partial charge in [0.05, 0.1) is 0 Å². The Bertz CT molecular complexity index is 1120. The summed E-state index contributed by atoms with van der Waals surface area (Å²) in [5.74, 6) is 0.361. The first kappa shape index (κ1) is 23.4. The maximum Gasteiger partial charge on any atom is 0.266 e. The van der Waals surface area contributed by atoms with Crippen LogP contribution in [0.2, 0.25) is 0 Å². The fourth-order valence-electron chi connectivity index (χ4n) is 4.49. The summed E-state index contributed by atoms with van der Waals surface area (Å²) in [6.45, 7) is 2.53. The van der Waals surface area contributed by atoms with Crippen molar-refractivity contribution in [1.82, 2.24) is 4.90 Å². The van der Waals surface area contributed by atoms with Gasteiger partial charge >= 0.3 is 0 Å². The van der Waals surface area contributed by atoms with Crippen LogP contribution in [-0.4, -0.2) is 29.1 Å². The van der Waals surface area contributed by atoms with Gasteiger partial charge in [-0.15, -0.1) is 0 Å². The zero-order valence-electron chi connectivity index (χ0n) is 19.6. The summed E-state index contributed by atoms with van der Waals surface area (Å²) in [5, 5.41) is 0. The van der Waals surface area contributed by atoms with Crippen molar-refractivity contribution < 1.29 is 9.59 Å². The number of rotatable bonds is 10. The molecule has 0 unspecified atom stereocenters. The Hall–Kier alpha value is -3.73.